The Bertz CT molecular complexity index is 1360. The van der Waals surface area contributed by atoms with Crippen molar-refractivity contribution in [3.05, 3.63) is 59.0 Å². The zero-order valence-electron chi connectivity index (χ0n) is 17.9. The lowest BCUT2D eigenvalue weighted by Crippen LogP contribution is -2.41. The Morgan fingerprint density at radius 2 is 1.91 bits per heavy atom. The van der Waals surface area contributed by atoms with E-state index in [1.54, 1.807) is 16.2 Å². The average molecular weight is 475 g/mol. The standard InChI is InChI=1S/C25H22N4O2S2/c30-21(13-29-18-10-4-6-12-20(18)32-14-22(29)31)28-25-23(15-7-1-5-11-19(15)33-25)24-26-16-8-2-3-9-17(16)27-24/h2-4,6,8-10,12H,1,5,7,11,13-14H2,(H,26,27)(H,28,30). The van der Waals surface area contributed by atoms with Crippen molar-refractivity contribution in [1.82, 2.24) is 9.97 Å². The second-order valence-electron chi connectivity index (χ2n) is 8.30. The van der Waals surface area contributed by atoms with E-state index < -0.39 is 0 Å². The van der Waals surface area contributed by atoms with Gasteiger partial charge < -0.3 is 15.2 Å². The van der Waals surface area contributed by atoms with E-state index in [1.807, 2.05) is 48.5 Å². The Morgan fingerprint density at radius 3 is 2.82 bits per heavy atom. The largest absolute Gasteiger partial charge is 0.338 e. The van der Waals surface area contributed by atoms with Gasteiger partial charge in [0.05, 0.1) is 28.0 Å². The maximum absolute atomic E-state index is 13.2. The molecule has 0 fully saturated rings. The highest BCUT2D eigenvalue weighted by molar-refractivity contribution is 8.00. The molecule has 2 aromatic heterocycles. The molecule has 1 aliphatic carbocycles. The van der Waals surface area contributed by atoms with Crippen LogP contribution in [0, 0.1) is 0 Å². The Morgan fingerprint density at radius 1 is 1.09 bits per heavy atom. The van der Waals surface area contributed by atoms with Gasteiger partial charge in [-0.25, -0.2) is 4.98 Å². The lowest BCUT2D eigenvalue weighted by molar-refractivity contribution is -0.120. The zero-order chi connectivity index (χ0) is 22.4. The number of rotatable bonds is 4. The van der Waals surface area contributed by atoms with Crippen LogP contribution in [0.4, 0.5) is 10.7 Å². The minimum absolute atomic E-state index is 0.00144. The SMILES string of the molecule is O=C(CN1C(=O)CSc2ccccc21)Nc1sc2c(c1-c1nc3ccccc3[nH]1)CCCC2. The van der Waals surface area contributed by atoms with Gasteiger partial charge in [0.1, 0.15) is 17.4 Å². The quantitative estimate of drug-likeness (QED) is 0.424. The molecule has 3 heterocycles. The van der Waals surface area contributed by atoms with Crippen LogP contribution in [0.15, 0.2) is 53.4 Å². The first kappa shape index (κ1) is 20.5. The van der Waals surface area contributed by atoms with Crippen LogP contribution in [0.3, 0.4) is 0 Å². The fourth-order valence-electron chi connectivity index (χ4n) is 4.61. The number of nitrogens with one attached hydrogen (secondary N) is 2. The number of carbonyl (C=O) groups excluding carboxylic acids is 2. The molecule has 2 amide bonds. The molecule has 166 valence electrons. The van der Waals surface area contributed by atoms with E-state index >= 15 is 0 Å². The maximum Gasteiger partial charge on any atom is 0.245 e. The average Bonchev–Trinajstić information content (AvgIpc) is 3.41. The lowest BCUT2D eigenvalue weighted by Gasteiger charge is -2.28. The van der Waals surface area contributed by atoms with Crippen molar-refractivity contribution in [3.8, 4) is 11.4 Å². The normalized spacial score (nSPS) is 15.4. The Kier molecular flexibility index (Phi) is 5.19. The number of imidazole rings is 1. The number of thiophene rings is 1. The molecule has 2 aliphatic rings. The molecule has 1 aliphatic heterocycles. The monoisotopic (exact) mass is 474 g/mol. The van der Waals surface area contributed by atoms with Crippen LogP contribution in [0.5, 0.6) is 0 Å². The maximum atomic E-state index is 13.2. The van der Waals surface area contributed by atoms with Crippen molar-refractivity contribution in [1.29, 1.82) is 0 Å². The van der Waals surface area contributed by atoms with E-state index in [4.69, 9.17) is 4.98 Å². The third kappa shape index (κ3) is 3.73. The van der Waals surface area contributed by atoms with Crippen molar-refractivity contribution < 1.29 is 9.59 Å². The molecule has 33 heavy (non-hydrogen) atoms. The highest BCUT2D eigenvalue weighted by Crippen LogP contribution is 2.44. The van der Waals surface area contributed by atoms with E-state index in [9.17, 15) is 9.59 Å². The molecule has 0 saturated heterocycles. The molecule has 0 unspecified atom stereocenters. The van der Waals surface area contributed by atoms with Crippen molar-refractivity contribution in [3.63, 3.8) is 0 Å². The van der Waals surface area contributed by atoms with E-state index in [2.05, 4.69) is 10.3 Å². The van der Waals surface area contributed by atoms with Gasteiger partial charge in [-0.05, 0) is 55.5 Å². The summed E-state index contributed by atoms with van der Waals surface area (Å²) in [5.74, 6) is 0.904. The van der Waals surface area contributed by atoms with E-state index in [0.29, 0.717) is 5.75 Å². The molecular weight excluding hydrogens is 452 g/mol. The van der Waals surface area contributed by atoms with Gasteiger partial charge in [0.15, 0.2) is 0 Å². The summed E-state index contributed by atoms with van der Waals surface area (Å²) < 4.78 is 0. The van der Waals surface area contributed by atoms with Crippen molar-refractivity contribution in [2.24, 2.45) is 0 Å². The third-order valence-corrected chi connectivity index (χ3v) is 8.42. The number of para-hydroxylation sites is 3. The smallest absolute Gasteiger partial charge is 0.245 e. The fourth-order valence-corrected chi connectivity index (χ4v) is 6.86. The van der Waals surface area contributed by atoms with Crippen LogP contribution < -0.4 is 10.2 Å². The van der Waals surface area contributed by atoms with Gasteiger partial charge in [-0.15, -0.1) is 23.1 Å². The fraction of sp³-hybridized carbons (Fsp3) is 0.240. The number of fused-ring (bicyclic) bond motifs is 3. The molecule has 0 atom stereocenters. The molecule has 0 spiro atoms. The van der Waals surface area contributed by atoms with Gasteiger partial charge in [0.25, 0.3) is 0 Å². The Hall–Kier alpha value is -3.10. The summed E-state index contributed by atoms with van der Waals surface area (Å²) in [6.07, 6.45) is 4.32. The molecule has 2 aromatic carbocycles. The number of thioether (sulfide) groups is 1. The highest BCUT2D eigenvalue weighted by Gasteiger charge is 2.28. The summed E-state index contributed by atoms with van der Waals surface area (Å²) in [7, 11) is 0. The molecule has 8 heteroatoms. The number of hydrogen-bond donors (Lipinski definition) is 2. The summed E-state index contributed by atoms with van der Waals surface area (Å²) in [5.41, 5.74) is 4.98. The first-order valence-corrected chi connectivity index (χ1v) is 12.9. The summed E-state index contributed by atoms with van der Waals surface area (Å²) in [6.45, 7) is -0.00144. The van der Waals surface area contributed by atoms with Crippen LogP contribution in [-0.2, 0) is 22.4 Å². The van der Waals surface area contributed by atoms with E-state index in [0.717, 1.165) is 63.7 Å². The summed E-state index contributed by atoms with van der Waals surface area (Å²) in [4.78, 5) is 38.0. The summed E-state index contributed by atoms with van der Waals surface area (Å²) >= 11 is 3.16. The number of aromatic amines is 1. The molecule has 4 aromatic rings. The molecule has 6 nitrogen and oxygen atoms in total. The second kappa shape index (κ2) is 8.35. The van der Waals surface area contributed by atoms with Gasteiger partial charge in [0, 0.05) is 9.77 Å². The second-order valence-corrected chi connectivity index (χ2v) is 10.4. The minimum atomic E-state index is -0.194. The van der Waals surface area contributed by atoms with Crippen LogP contribution in [0.25, 0.3) is 22.4 Å². The van der Waals surface area contributed by atoms with Crippen LogP contribution >= 0.6 is 23.1 Å². The number of H-pyrrole nitrogens is 1. The number of hydrogen-bond acceptors (Lipinski definition) is 5. The number of benzene rings is 2. The number of carbonyl (C=O) groups is 2. The summed E-state index contributed by atoms with van der Waals surface area (Å²) in [6, 6.07) is 15.7. The summed E-state index contributed by atoms with van der Waals surface area (Å²) in [5, 5.41) is 3.95. The predicted octanol–water partition coefficient (Wildman–Crippen LogP) is 5.25. The van der Waals surface area contributed by atoms with Gasteiger partial charge in [-0.2, -0.15) is 0 Å². The number of nitrogens with zero attached hydrogens (tertiary/aromatic N) is 2. The van der Waals surface area contributed by atoms with Crippen molar-refractivity contribution >= 4 is 56.6 Å². The van der Waals surface area contributed by atoms with Gasteiger partial charge >= 0.3 is 0 Å². The first-order valence-electron chi connectivity index (χ1n) is 11.1. The topological polar surface area (TPSA) is 78.1 Å². The number of amides is 2. The van der Waals surface area contributed by atoms with Gasteiger partial charge in [-0.3, -0.25) is 9.59 Å². The highest BCUT2D eigenvalue weighted by atomic mass is 32.2. The third-order valence-electron chi connectivity index (χ3n) is 6.16. The lowest BCUT2D eigenvalue weighted by atomic mass is 9.95. The Balaban J connectivity index is 1.33. The van der Waals surface area contributed by atoms with Crippen molar-refractivity contribution in [2.45, 2.75) is 30.6 Å². The molecule has 2 N–H and O–H groups in total. The number of aryl methyl sites for hydroxylation is 1. The number of anilines is 2. The molecule has 0 bridgehead atoms. The molecular formula is C25H22N4O2S2. The van der Waals surface area contributed by atoms with Gasteiger partial charge in [-0.1, -0.05) is 24.3 Å². The minimum Gasteiger partial charge on any atom is -0.338 e. The van der Waals surface area contributed by atoms with E-state index in [-0.39, 0.29) is 18.4 Å². The zero-order valence-corrected chi connectivity index (χ0v) is 19.5. The van der Waals surface area contributed by atoms with Crippen LogP contribution in [0.2, 0.25) is 0 Å². The predicted molar refractivity (Wildman–Crippen MR) is 134 cm³/mol. The Labute approximate surface area is 199 Å². The van der Waals surface area contributed by atoms with Gasteiger partial charge in [0.2, 0.25) is 11.8 Å². The van der Waals surface area contributed by atoms with Crippen LogP contribution in [-0.4, -0.2) is 34.1 Å². The molecule has 0 radical (unpaired) electrons. The van der Waals surface area contributed by atoms with E-state index in [1.165, 1.54) is 22.2 Å². The molecule has 6 rings (SSSR count). The van der Waals surface area contributed by atoms with Crippen LogP contribution in [0.1, 0.15) is 23.3 Å². The molecule has 0 saturated carbocycles. The first-order chi connectivity index (χ1) is 16.2. The number of aromatic nitrogens is 2. The van der Waals surface area contributed by atoms with Crippen molar-refractivity contribution in [2.75, 3.05) is 22.5 Å².